The maximum absolute atomic E-state index is 16.6. The Kier molecular flexibility index (Phi) is 13.9. The summed E-state index contributed by atoms with van der Waals surface area (Å²) in [6.45, 7) is 0. The molecule has 422 valence electrons. The second-order valence-corrected chi connectivity index (χ2v) is 33.3. The smallest absolute Gasteiger partial charge is 0.171 e. The van der Waals surface area contributed by atoms with E-state index in [1.165, 1.54) is 0 Å². The second kappa shape index (κ2) is 22.3. The Hall–Kier alpha value is -9.62. The van der Waals surface area contributed by atoms with Crippen LogP contribution in [0, 0.1) is 0 Å². The molecule has 2 aromatic heterocycles. The van der Waals surface area contributed by atoms with Crippen molar-refractivity contribution in [2.24, 2.45) is 0 Å². The molecular weight excluding hydrogens is 1150 g/mol. The third-order valence-corrected chi connectivity index (χ3v) is 29.5. The SMILES string of the molecule is O=P(c1ccccc1)(c1ccccc1)c1ccc2[nH]c3ccc(P(=O)(c4ccccc4)c4ccc(-c5ccc(P(=O)(c6ccccc6)c6ccc7c(c6)c6cc(P(=O)(c8ccccc8)c8ccccc8)ccc6n7-c6ccccc6)cc5)cc4)cc3c2c1. The van der Waals surface area contributed by atoms with Gasteiger partial charge < -0.3 is 27.8 Å². The van der Waals surface area contributed by atoms with Gasteiger partial charge in [-0.1, -0.05) is 249 Å². The number of nitrogens with one attached hydrogen (secondary N) is 1. The zero-order valence-corrected chi connectivity index (χ0v) is 51.2. The van der Waals surface area contributed by atoms with Crippen LogP contribution in [0.1, 0.15) is 0 Å². The third kappa shape index (κ3) is 9.10. The van der Waals surface area contributed by atoms with Crippen LogP contribution in [0.25, 0.3) is 60.4 Å². The van der Waals surface area contributed by atoms with E-state index in [1.54, 1.807) is 0 Å². The standard InChI is InChI=1S/C78H56N2O4P4/c81-85(59-24-10-2-11-25-59,60-26-12-3-13-27-60)67-44-48-75-71(52-67)72-53-68(45-49-76(72)79-75)87(83,63-32-18-6-19-33-63)65-40-36-56(37-41-65)57-38-42-66(43-39-57)88(84,64-34-20-7-21-35-64)70-47-51-78-74(55-70)73-54-69(46-50-77(73)80(78)58-22-8-1-9-23-58)86(82,61-28-14-4-15-29-61)62-30-16-5-17-31-62/h1-55,79H. The molecule has 0 spiro atoms. The van der Waals surface area contributed by atoms with Crippen molar-refractivity contribution in [2.75, 3.05) is 0 Å². The molecule has 0 fully saturated rings. The Labute approximate surface area is 511 Å². The van der Waals surface area contributed by atoms with Crippen molar-refractivity contribution < 1.29 is 18.3 Å². The van der Waals surface area contributed by atoms with Gasteiger partial charge in [0.05, 0.1) is 11.0 Å². The molecule has 0 amide bonds. The number of nitrogens with zero attached hydrogens (tertiary/aromatic N) is 1. The predicted molar refractivity (Wildman–Crippen MR) is 373 cm³/mol. The topological polar surface area (TPSA) is 89.0 Å². The minimum absolute atomic E-state index is 0.678. The quantitative estimate of drug-likeness (QED) is 0.110. The molecule has 13 aromatic carbocycles. The molecule has 6 nitrogen and oxygen atoms in total. The lowest BCUT2D eigenvalue weighted by molar-refractivity contribution is 0.591. The number of fused-ring (bicyclic) bond motifs is 6. The average molecular weight is 1210 g/mol. The average Bonchev–Trinajstić information content (AvgIpc) is 2.00. The molecular formula is C78H56N2O4P4. The monoisotopic (exact) mass is 1210 g/mol. The zero-order valence-electron chi connectivity index (χ0n) is 47.6. The van der Waals surface area contributed by atoms with Gasteiger partial charge in [-0.25, -0.2) is 0 Å². The molecule has 2 atom stereocenters. The van der Waals surface area contributed by atoms with Crippen LogP contribution < -0.4 is 63.7 Å². The van der Waals surface area contributed by atoms with Gasteiger partial charge in [0, 0.05) is 102 Å². The van der Waals surface area contributed by atoms with Gasteiger partial charge >= 0.3 is 0 Å². The number of aromatic nitrogens is 2. The van der Waals surface area contributed by atoms with Crippen molar-refractivity contribution in [1.82, 2.24) is 9.55 Å². The van der Waals surface area contributed by atoms with Gasteiger partial charge in [-0.3, -0.25) is 0 Å². The first kappa shape index (κ1) is 55.0. The maximum Gasteiger partial charge on any atom is 0.171 e. The molecule has 2 unspecified atom stereocenters. The Morgan fingerprint density at radius 3 is 0.727 bits per heavy atom. The van der Waals surface area contributed by atoms with Gasteiger partial charge in [-0.15, -0.1) is 0 Å². The van der Waals surface area contributed by atoms with Gasteiger partial charge in [-0.05, 0) is 96.1 Å². The Bertz CT molecular complexity index is 5210. The van der Waals surface area contributed by atoms with Crippen LogP contribution in [0.2, 0.25) is 0 Å². The van der Waals surface area contributed by atoms with E-state index in [2.05, 4.69) is 45.9 Å². The summed E-state index contributed by atoms with van der Waals surface area (Å²) in [5, 5.41) is 12.2. The highest BCUT2D eigenvalue weighted by Gasteiger charge is 2.35. The molecule has 0 aliphatic carbocycles. The molecule has 0 aliphatic heterocycles. The molecule has 15 rings (SSSR count). The van der Waals surface area contributed by atoms with Crippen LogP contribution in [0.4, 0.5) is 0 Å². The summed E-state index contributed by atoms with van der Waals surface area (Å²) in [6, 6.07) is 109. The summed E-state index contributed by atoms with van der Waals surface area (Å²) in [5.74, 6) is 0. The van der Waals surface area contributed by atoms with E-state index >= 15 is 18.3 Å². The molecule has 0 bridgehead atoms. The zero-order chi connectivity index (χ0) is 59.5. The van der Waals surface area contributed by atoms with Crippen LogP contribution in [0.15, 0.2) is 334 Å². The van der Waals surface area contributed by atoms with E-state index < -0.39 is 28.6 Å². The lowest BCUT2D eigenvalue weighted by atomic mass is 10.1. The first-order valence-electron chi connectivity index (χ1n) is 29.3. The Morgan fingerprint density at radius 2 is 0.443 bits per heavy atom. The van der Waals surface area contributed by atoms with Crippen molar-refractivity contribution in [3.8, 4) is 16.8 Å². The van der Waals surface area contributed by atoms with Crippen LogP contribution in [-0.2, 0) is 18.3 Å². The Morgan fingerprint density at radius 1 is 0.216 bits per heavy atom. The molecule has 15 aromatic rings. The highest BCUT2D eigenvalue weighted by molar-refractivity contribution is 7.86. The molecule has 0 saturated carbocycles. The lowest BCUT2D eigenvalue weighted by Crippen LogP contribution is -2.25. The highest BCUT2D eigenvalue weighted by Crippen LogP contribution is 2.49. The van der Waals surface area contributed by atoms with Crippen LogP contribution >= 0.6 is 28.6 Å². The molecule has 2 heterocycles. The van der Waals surface area contributed by atoms with E-state index in [9.17, 15) is 0 Å². The maximum atomic E-state index is 16.6. The minimum atomic E-state index is -3.56. The minimum Gasteiger partial charge on any atom is -0.355 e. The molecule has 0 radical (unpaired) electrons. The first-order valence-corrected chi connectivity index (χ1v) is 36.1. The molecule has 0 saturated heterocycles. The number of H-pyrrole nitrogens is 1. The van der Waals surface area contributed by atoms with Crippen LogP contribution in [0.3, 0.4) is 0 Å². The number of para-hydroxylation sites is 1. The summed E-state index contributed by atoms with van der Waals surface area (Å²) < 4.78 is 66.5. The molecule has 88 heavy (non-hydrogen) atoms. The molecule has 0 aliphatic rings. The van der Waals surface area contributed by atoms with Gasteiger partial charge in [0.2, 0.25) is 0 Å². The van der Waals surface area contributed by atoms with Gasteiger partial charge in [0.25, 0.3) is 0 Å². The predicted octanol–water partition coefficient (Wildman–Crippen LogP) is 14.6. The summed E-state index contributed by atoms with van der Waals surface area (Å²) >= 11 is 0. The number of hydrogen-bond donors (Lipinski definition) is 1. The Balaban J connectivity index is 0.812. The fourth-order valence-corrected chi connectivity index (χ4v) is 23.5. The number of benzene rings is 13. The number of hydrogen-bond acceptors (Lipinski definition) is 4. The first-order chi connectivity index (χ1) is 43.1. The van der Waals surface area contributed by atoms with Crippen molar-refractivity contribution >= 4 is 136 Å². The van der Waals surface area contributed by atoms with Gasteiger partial charge in [0.15, 0.2) is 28.6 Å². The fourth-order valence-electron chi connectivity index (χ4n) is 12.9. The van der Waals surface area contributed by atoms with Crippen molar-refractivity contribution in [3.63, 3.8) is 0 Å². The van der Waals surface area contributed by atoms with E-state index in [1.807, 2.05) is 297 Å². The number of rotatable bonds is 14. The van der Waals surface area contributed by atoms with Crippen LogP contribution in [0.5, 0.6) is 0 Å². The van der Waals surface area contributed by atoms with Crippen molar-refractivity contribution in [3.05, 3.63) is 334 Å². The van der Waals surface area contributed by atoms with E-state index in [0.717, 1.165) is 86.9 Å². The molecule has 10 heteroatoms. The summed E-state index contributed by atoms with van der Waals surface area (Å²) in [5.41, 5.74) is 6.48. The van der Waals surface area contributed by atoms with Gasteiger partial charge in [-0.2, -0.15) is 0 Å². The van der Waals surface area contributed by atoms with Crippen molar-refractivity contribution in [2.45, 2.75) is 0 Å². The fraction of sp³-hybridized carbons (Fsp3) is 0. The van der Waals surface area contributed by atoms with E-state index in [-0.39, 0.29) is 0 Å². The second-order valence-electron chi connectivity index (χ2n) is 22.2. The summed E-state index contributed by atoms with van der Waals surface area (Å²) in [7, 11) is -13.7. The largest absolute Gasteiger partial charge is 0.355 e. The summed E-state index contributed by atoms with van der Waals surface area (Å²) in [6.07, 6.45) is 0. The lowest BCUT2D eigenvalue weighted by Gasteiger charge is -2.21. The van der Waals surface area contributed by atoms with Crippen molar-refractivity contribution in [1.29, 1.82) is 0 Å². The van der Waals surface area contributed by atoms with E-state index in [4.69, 9.17) is 0 Å². The highest BCUT2D eigenvalue weighted by atomic mass is 31.2. The molecule has 1 N–H and O–H groups in total. The van der Waals surface area contributed by atoms with E-state index in [0.29, 0.717) is 37.1 Å². The normalized spacial score (nSPS) is 13.4. The van der Waals surface area contributed by atoms with Crippen LogP contribution in [-0.4, -0.2) is 9.55 Å². The number of aromatic amines is 1. The van der Waals surface area contributed by atoms with Gasteiger partial charge in [0.1, 0.15) is 0 Å². The third-order valence-electron chi connectivity index (χ3n) is 17.3. The summed E-state index contributed by atoms with van der Waals surface area (Å²) in [4.78, 5) is 3.58.